The predicted molar refractivity (Wildman–Crippen MR) is 71.7 cm³/mol. The number of aliphatic hydroxyl groups excluding tert-OH is 1. The molecular weight excluding hydrogens is 254 g/mol. The van der Waals surface area contributed by atoms with E-state index in [0.29, 0.717) is 0 Å². The number of hydrogen-bond acceptors (Lipinski definition) is 6. The van der Waals surface area contributed by atoms with Crippen LogP contribution in [0.1, 0.15) is 21.1 Å². The van der Waals surface area contributed by atoms with Gasteiger partial charge in [-0.2, -0.15) is 0 Å². The molecule has 0 saturated heterocycles. The van der Waals surface area contributed by atoms with Crippen LogP contribution in [0.5, 0.6) is 0 Å². The van der Waals surface area contributed by atoms with Gasteiger partial charge in [0.15, 0.2) is 5.13 Å². The second kappa shape index (κ2) is 5.12. The Bertz CT molecular complexity index is 507. The Hall–Kier alpha value is -0.980. The maximum Gasteiger partial charge on any atom is 0.185 e. The number of aryl methyl sites for hydroxylation is 2. The summed E-state index contributed by atoms with van der Waals surface area (Å²) in [5.74, 6) is 0. The van der Waals surface area contributed by atoms with Crippen molar-refractivity contribution in [1.82, 2.24) is 9.97 Å². The third kappa shape index (κ3) is 2.65. The molecule has 0 aliphatic heterocycles. The van der Waals surface area contributed by atoms with E-state index in [4.69, 9.17) is 5.11 Å². The summed E-state index contributed by atoms with van der Waals surface area (Å²) in [6, 6.07) is 0. The van der Waals surface area contributed by atoms with Crippen molar-refractivity contribution in [3.8, 4) is 0 Å². The minimum Gasteiger partial charge on any atom is -0.391 e. The average Bonchev–Trinajstić information content (AvgIpc) is 2.86. The van der Waals surface area contributed by atoms with Crippen molar-refractivity contribution >= 4 is 27.8 Å². The Morgan fingerprint density at radius 3 is 2.59 bits per heavy atom. The van der Waals surface area contributed by atoms with E-state index in [1.54, 1.807) is 22.7 Å². The van der Waals surface area contributed by atoms with Crippen molar-refractivity contribution < 1.29 is 5.11 Å². The Morgan fingerprint density at radius 2 is 2.06 bits per heavy atom. The molecule has 4 nitrogen and oxygen atoms in total. The van der Waals surface area contributed by atoms with Crippen LogP contribution in [0.3, 0.4) is 0 Å². The van der Waals surface area contributed by atoms with Gasteiger partial charge in [0.25, 0.3) is 0 Å². The maximum absolute atomic E-state index is 9.16. The molecule has 0 aliphatic rings. The molecule has 0 unspecified atom stereocenters. The van der Waals surface area contributed by atoms with E-state index in [-0.39, 0.29) is 6.61 Å². The highest BCUT2D eigenvalue weighted by Crippen LogP contribution is 2.27. The van der Waals surface area contributed by atoms with Crippen molar-refractivity contribution in [3.05, 3.63) is 26.7 Å². The number of nitrogens with zero attached hydrogens (tertiary/aromatic N) is 3. The SMILES string of the molecule is Cc1ncsc1CN(C)c1nc(C)c(CO)s1. The molecule has 6 heteroatoms. The molecule has 2 aromatic heterocycles. The largest absolute Gasteiger partial charge is 0.391 e. The minimum atomic E-state index is 0.0664. The molecule has 92 valence electrons. The van der Waals surface area contributed by atoms with Gasteiger partial charge in [0.2, 0.25) is 0 Å². The lowest BCUT2D eigenvalue weighted by atomic mass is 10.4. The summed E-state index contributed by atoms with van der Waals surface area (Å²) in [6.45, 7) is 4.83. The van der Waals surface area contributed by atoms with E-state index < -0.39 is 0 Å². The van der Waals surface area contributed by atoms with E-state index in [1.165, 1.54) is 4.88 Å². The molecule has 2 aromatic rings. The van der Waals surface area contributed by atoms with E-state index in [9.17, 15) is 0 Å². The molecule has 0 radical (unpaired) electrons. The molecule has 2 heterocycles. The molecule has 0 bridgehead atoms. The number of thiazole rings is 2. The van der Waals surface area contributed by atoms with Crippen LogP contribution in [0.15, 0.2) is 5.51 Å². The lowest BCUT2D eigenvalue weighted by Crippen LogP contribution is -2.15. The molecule has 17 heavy (non-hydrogen) atoms. The van der Waals surface area contributed by atoms with Crippen molar-refractivity contribution in [3.63, 3.8) is 0 Å². The van der Waals surface area contributed by atoms with Gasteiger partial charge in [-0.25, -0.2) is 9.97 Å². The zero-order valence-electron chi connectivity index (χ0n) is 10.1. The third-order valence-corrected chi connectivity index (χ3v) is 4.75. The van der Waals surface area contributed by atoms with Gasteiger partial charge in [-0.3, -0.25) is 0 Å². The number of rotatable bonds is 4. The van der Waals surface area contributed by atoms with Gasteiger partial charge in [0.1, 0.15) is 0 Å². The molecular formula is C11H15N3OS2. The van der Waals surface area contributed by atoms with Crippen LogP contribution in [-0.2, 0) is 13.2 Å². The number of aromatic nitrogens is 2. The summed E-state index contributed by atoms with van der Waals surface area (Å²) in [4.78, 5) is 13.0. The molecule has 0 fully saturated rings. The highest BCUT2D eigenvalue weighted by atomic mass is 32.1. The molecule has 1 N–H and O–H groups in total. The normalized spacial score (nSPS) is 10.8. The second-order valence-corrected chi connectivity index (χ2v) is 5.88. The summed E-state index contributed by atoms with van der Waals surface area (Å²) in [5.41, 5.74) is 3.86. The van der Waals surface area contributed by atoms with Crippen LogP contribution >= 0.6 is 22.7 Å². The fraction of sp³-hybridized carbons (Fsp3) is 0.455. The minimum absolute atomic E-state index is 0.0664. The van der Waals surface area contributed by atoms with Crippen LogP contribution < -0.4 is 4.90 Å². The Morgan fingerprint density at radius 1 is 1.29 bits per heavy atom. The van der Waals surface area contributed by atoms with Gasteiger partial charge in [0, 0.05) is 11.9 Å². The van der Waals surface area contributed by atoms with Gasteiger partial charge in [-0.1, -0.05) is 11.3 Å². The first-order valence-corrected chi connectivity index (χ1v) is 6.98. The molecule has 0 aromatic carbocycles. The highest BCUT2D eigenvalue weighted by molar-refractivity contribution is 7.15. The van der Waals surface area contributed by atoms with E-state index in [1.807, 2.05) is 26.4 Å². The molecule has 0 amide bonds. The molecule has 0 saturated carbocycles. The van der Waals surface area contributed by atoms with Crippen molar-refractivity contribution in [2.45, 2.75) is 27.0 Å². The fourth-order valence-corrected chi connectivity index (χ4v) is 3.19. The van der Waals surface area contributed by atoms with Gasteiger partial charge in [0.05, 0.1) is 34.9 Å². The first-order chi connectivity index (χ1) is 8.11. The summed E-state index contributed by atoms with van der Waals surface area (Å²) < 4.78 is 0. The molecule has 0 atom stereocenters. The summed E-state index contributed by atoms with van der Waals surface area (Å²) >= 11 is 3.21. The van der Waals surface area contributed by atoms with E-state index >= 15 is 0 Å². The zero-order valence-corrected chi connectivity index (χ0v) is 11.7. The predicted octanol–water partition coefficient (Wildman–Crippen LogP) is 2.35. The first-order valence-electron chi connectivity index (χ1n) is 5.29. The van der Waals surface area contributed by atoms with Gasteiger partial charge in [-0.15, -0.1) is 11.3 Å². The van der Waals surface area contributed by atoms with Crippen molar-refractivity contribution in [1.29, 1.82) is 0 Å². The number of aliphatic hydroxyl groups is 1. The lowest BCUT2D eigenvalue weighted by molar-refractivity contribution is 0.284. The van der Waals surface area contributed by atoms with Gasteiger partial charge in [-0.05, 0) is 13.8 Å². The zero-order chi connectivity index (χ0) is 12.4. The maximum atomic E-state index is 9.16. The number of anilines is 1. The van der Waals surface area contributed by atoms with Crippen LogP contribution in [-0.4, -0.2) is 22.1 Å². The van der Waals surface area contributed by atoms with Crippen molar-refractivity contribution in [2.24, 2.45) is 0 Å². The van der Waals surface area contributed by atoms with Gasteiger partial charge >= 0.3 is 0 Å². The quantitative estimate of drug-likeness (QED) is 0.925. The molecule has 2 rings (SSSR count). The fourth-order valence-electron chi connectivity index (χ4n) is 1.48. The third-order valence-electron chi connectivity index (χ3n) is 2.58. The average molecular weight is 269 g/mol. The number of hydrogen-bond donors (Lipinski definition) is 1. The summed E-state index contributed by atoms with van der Waals surface area (Å²) in [6.07, 6.45) is 0. The Kier molecular flexibility index (Phi) is 3.76. The Balaban J connectivity index is 2.14. The highest BCUT2D eigenvalue weighted by Gasteiger charge is 2.12. The summed E-state index contributed by atoms with van der Waals surface area (Å²) in [7, 11) is 2.01. The lowest BCUT2D eigenvalue weighted by Gasteiger charge is -2.14. The van der Waals surface area contributed by atoms with Crippen LogP contribution in [0, 0.1) is 13.8 Å². The van der Waals surface area contributed by atoms with E-state index in [2.05, 4.69) is 14.9 Å². The standard InChI is InChI=1S/C11H15N3OS2/c1-7-9(16-6-12-7)4-14(3)11-13-8(2)10(5-15)17-11/h6,15H,4-5H2,1-3H3. The first kappa shape index (κ1) is 12.5. The van der Waals surface area contributed by atoms with Crippen LogP contribution in [0.25, 0.3) is 0 Å². The molecule has 0 aliphatic carbocycles. The summed E-state index contributed by atoms with van der Waals surface area (Å²) in [5, 5.41) is 10.1. The molecule has 0 spiro atoms. The van der Waals surface area contributed by atoms with Gasteiger partial charge < -0.3 is 10.0 Å². The van der Waals surface area contributed by atoms with Crippen LogP contribution in [0.4, 0.5) is 5.13 Å². The topological polar surface area (TPSA) is 49.2 Å². The van der Waals surface area contributed by atoms with Crippen molar-refractivity contribution in [2.75, 3.05) is 11.9 Å². The Labute approximate surface area is 109 Å². The second-order valence-electron chi connectivity index (χ2n) is 3.88. The van der Waals surface area contributed by atoms with Crippen LogP contribution in [0.2, 0.25) is 0 Å². The van der Waals surface area contributed by atoms with E-state index in [0.717, 1.165) is 27.9 Å². The smallest absolute Gasteiger partial charge is 0.185 e. The monoisotopic (exact) mass is 269 g/mol.